The zero-order valence-electron chi connectivity index (χ0n) is 20.3. The lowest BCUT2D eigenvalue weighted by molar-refractivity contribution is -0.322. The monoisotopic (exact) mass is 514 g/mol. The average Bonchev–Trinajstić information content (AvgIpc) is 2.63. The molecule has 4 unspecified atom stereocenters. The molecule has 33 heavy (non-hydrogen) atoms. The van der Waals surface area contributed by atoms with Crippen molar-refractivity contribution in [2.24, 2.45) is 10.3 Å². The van der Waals surface area contributed by atoms with Crippen molar-refractivity contribution in [1.29, 1.82) is 0 Å². The van der Waals surface area contributed by atoms with Crippen LogP contribution in [0.15, 0.2) is 0 Å². The van der Waals surface area contributed by atoms with Crippen LogP contribution in [0, 0.1) is 0 Å². The molecule has 0 radical (unpaired) electrons. The van der Waals surface area contributed by atoms with E-state index in [0.29, 0.717) is 32.1 Å². The van der Waals surface area contributed by atoms with Gasteiger partial charge in [0.2, 0.25) is 20.0 Å². The van der Waals surface area contributed by atoms with Crippen molar-refractivity contribution in [2.45, 2.75) is 127 Å². The van der Waals surface area contributed by atoms with Crippen molar-refractivity contribution >= 4 is 20.0 Å². The molecule has 0 aromatic heterocycles. The molecule has 3 aliphatic rings. The van der Waals surface area contributed by atoms with Crippen LogP contribution in [0.1, 0.15) is 85.5 Å². The van der Waals surface area contributed by atoms with Crippen LogP contribution in [-0.2, 0) is 39.0 Å². The van der Waals surface area contributed by atoms with Crippen LogP contribution < -0.4 is 10.3 Å². The summed E-state index contributed by atoms with van der Waals surface area (Å²) in [5.74, 6) is -0.539. The fourth-order valence-electron chi connectivity index (χ4n) is 4.80. The van der Waals surface area contributed by atoms with Gasteiger partial charge in [-0.2, -0.15) is 0 Å². The van der Waals surface area contributed by atoms with E-state index in [0.717, 1.165) is 25.7 Å². The Hall–Kier alpha value is -0.340. The predicted octanol–water partition coefficient (Wildman–Crippen LogP) is 2.11. The van der Waals surface area contributed by atoms with E-state index in [1.165, 1.54) is 0 Å². The maximum Gasteiger partial charge on any atom is 0.211 e. The van der Waals surface area contributed by atoms with Crippen LogP contribution in [0.4, 0.5) is 0 Å². The number of ether oxygens (including phenoxy) is 4. The van der Waals surface area contributed by atoms with Crippen molar-refractivity contribution in [3.05, 3.63) is 0 Å². The Labute approximate surface area is 199 Å². The predicted molar refractivity (Wildman–Crippen MR) is 125 cm³/mol. The standard InChI is InChI=1S/C11H21NO4S.C10H21NO4S/c1-8-7-9(2)16-11(15-8)5-3-10(4-6-11)17(12,13)14;1-8-7-9(2)15-10(14-8)5-3-4-6-16(11,12)13/h8-10H,3-7H2,1-2H3,(H2,12,13,14);8-10H,3-7H2,1-2H3,(H2,11,12,13). The van der Waals surface area contributed by atoms with Gasteiger partial charge in [-0.05, 0) is 72.6 Å². The molecule has 1 saturated carbocycles. The third-order valence-corrected chi connectivity index (χ3v) is 8.46. The van der Waals surface area contributed by atoms with Gasteiger partial charge >= 0.3 is 0 Å². The van der Waals surface area contributed by atoms with Gasteiger partial charge in [-0.1, -0.05) is 0 Å². The van der Waals surface area contributed by atoms with Crippen LogP contribution in [0.5, 0.6) is 0 Å². The van der Waals surface area contributed by atoms with Gasteiger partial charge in [-0.25, -0.2) is 27.1 Å². The van der Waals surface area contributed by atoms with Gasteiger partial charge in [-0.15, -0.1) is 0 Å². The quantitative estimate of drug-likeness (QED) is 0.510. The van der Waals surface area contributed by atoms with Crippen LogP contribution in [-0.4, -0.2) is 64.3 Å². The molecule has 12 heteroatoms. The van der Waals surface area contributed by atoms with Crippen LogP contribution >= 0.6 is 0 Å². The summed E-state index contributed by atoms with van der Waals surface area (Å²) in [5.41, 5.74) is 0. The van der Waals surface area contributed by atoms with Gasteiger partial charge in [-0.3, -0.25) is 0 Å². The lowest BCUT2D eigenvalue weighted by atomic mass is 9.92. The van der Waals surface area contributed by atoms with E-state index in [1.54, 1.807) is 0 Å². The average molecular weight is 515 g/mol. The molecule has 2 heterocycles. The number of hydrogen-bond donors (Lipinski definition) is 2. The molecule has 1 spiro atoms. The first-order chi connectivity index (χ1) is 15.2. The fourth-order valence-corrected chi connectivity index (χ4v) is 6.30. The highest BCUT2D eigenvalue weighted by molar-refractivity contribution is 7.89. The zero-order valence-corrected chi connectivity index (χ0v) is 21.9. The summed E-state index contributed by atoms with van der Waals surface area (Å²) >= 11 is 0. The summed E-state index contributed by atoms with van der Waals surface area (Å²) in [6.07, 6.45) is 6.69. The first-order valence-electron chi connectivity index (χ1n) is 11.9. The van der Waals surface area contributed by atoms with Gasteiger partial charge in [0.05, 0.1) is 35.4 Å². The van der Waals surface area contributed by atoms with E-state index in [4.69, 9.17) is 29.2 Å². The van der Waals surface area contributed by atoms with E-state index in [2.05, 4.69) is 0 Å². The second-order valence-electron chi connectivity index (χ2n) is 9.71. The van der Waals surface area contributed by atoms with Gasteiger partial charge in [0, 0.05) is 12.8 Å². The largest absolute Gasteiger partial charge is 0.350 e. The zero-order chi connectivity index (χ0) is 24.9. The van der Waals surface area contributed by atoms with Crippen LogP contribution in [0.3, 0.4) is 0 Å². The molecule has 0 bridgehead atoms. The molecular weight excluding hydrogens is 472 g/mol. The van der Waals surface area contributed by atoms with Gasteiger partial charge < -0.3 is 18.9 Å². The van der Waals surface area contributed by atoms with Crippen molar-refractivity contribution in [3.8, 4) is 0 Å². The highest BCUT2D eigenvalue weighted by atomic mass is 32.2. The minimum atomic E-state index is -3.42. The van der Waals surface area contributed by atoms with Crippen molar-refractivity contribution in [3.63, 3.8) is 0 Å². The Morgan fingerprint density at radius 3 is 1.73 bits per heavy atom. The second-order valence-corrected chi connectivity index (χ2v) is 13.3. The Morgan fingerprint density at radius 1 is 0.788 bits per heavy atom. The number of sulfonamides is 2. The molecule has 0 amide bonds. The molecule has 3 rings (SSSR count). The first-order valence-corrected chi connectivity index (χ1v) is 15.2. The Kier molecular flexibility index (Phi) is 10.6. The normalized spacial score (nSPS) is 37.9. The summed E-state index contributed by atoms with van der Waals surface area (Å²) in [7, 11) is -6.75. The van der Waals surface area contributed by atoms with Gasteiger partial charge in [0.15, 0.2) is 12.1 Å². The lowest BCUT2D eigenvalue weighted by Crippen LogP contribution is -2.51. The summed E-state index contributed by atoms with van der Waals surface area (Å²) in [4.78, 5) is 0. The number of primary sulfonamides is 2. The third-order valence-electron chi connectivity index (χ3n) is 6.21. The smallest absolute Gasteiger partial charge is 0.211 e. The molecule has 2 saturated heterocycles. The highest BCUT2D eigenvalue weighted by Crippen LogP contribution is 2.40. The van der Waals surface area contributed by atoms with Gasteiger partial charge in [0.25, 0.3) is 0 Å². The number of nitrogens with two attached hydrogens (primary N) is 2. The topological polar surface area (TPSA) is 157 Å². The molecule has 0 aromatic carbocycles. The summed E-state index contributed by atoms with van der Waals surface area (Å²) < 4.78 is 66.9. The number of hydrogen-bond acceptors (Lipinski definition) is 8. The maximum absolute atomic E-state index is 11.3. The molecule has 0 aromatic rings. The van der Waals surface area contributed by atoms with E-state index in [9.17, 15) is 16.8 Å². The molecule has 2 aliphatic heterocycles. The first kappa shape index (κ1) is 28.9. The molecule has 4 atom stereocenters. The van der Waals surface area contributed by atoms with Crippen LogP contribution in [0.25, 0.3) is 0 Å². The molecular formula is C21H42N2O8S2. The van der Waals surface area contributed by atoms with Crippen LogP contribution in [0.2, 0.25) is 0 Å². The molecule has 4 N–H and O–H groups in total. The van der Waals surface area contributed by atoms with Gasteiger partial charge in [0.1, 0.15) is 0 Å². The highest BCUT2D eigenvalue weighted by Gasteiger charge is 2.44. The lowest BCUT2D eigenvalue weighted by Gasteiger charge is -2.46. The van der Waals surface area contributed by atoms with E-state index < -0.39 is 31.1 Å². The molecule has 10 nitrogen and oxygen atoms in total. The Bertz CT molecular complexity index is 790. The number of rotatable bonds is 6. The number of unbranched alkanes of at least 4 members (excludes halogenated alkanes) is 1. The maximum atomic E-state index is 11.3. The SMILES string of the molecule is CC1CC(C)OC(CCCCS(N)(=O)=O)O1.CC1CC(C)OC2(CCC(S(N)(=O)=O)CC2)O1. The molecule has 196 valence electrons. The second kappa shape index (κ2) is 12.1. The minimum absolute atomic E-state index is 0.0326. The minimum Gasteiger partial charge on any atom is -0.350 e. The molecule has 1 aliphatic carbocycles. The summed E-state index contributed by atoms with van der Waals surface area (Å²) in [5, 5.41) is 9.64. The Balaban J connectivity index is 0.000000234. The van der Waals surface area contributed by atoms with E-state index in [1.807, 2.05) is 27.7 Å². The fraction of sp³-hybridized carbons (Fsp3) is 1.00. The van der Waals surface area contributed by atoms with Crippen molar-refractivity contribution < 1.29 is 35.8 Å². The Morgan fingerprint density at radius 2 is 1.27 bits per heavy atom. The molecule has 3 fully saturated rings. The summed E-state index contributed by atoms with van der Waals surface area (Å²) in [6.45, 7) is 8.12. The van der Waals surface area contributed by atoms with Crippen molar-refractivity contribution in [2.75, 3.05) is 5.75 Å². The van der Waals surface area contributed by atoms with E-state index >= 15 is 0 Å². The van der Waals surface area contributed by atoms with E-state index in [-0.39, 0.29) is 36.5 Å². The van der Waals surface area contributed by atoms with Crippen molar-refractivity contribution in [1.82, 2.24) is 0 Å². The third kappa shape index (κ3) is 10.4. The summed E-state index contributed by atoms with van der Waals surface area (Å²) in [6, 6.07) is 0.